The van der Waals surface area contributed by atoms with Crippen molar-refractivity contribution in [2.75, 3.05) is 11.5 Å². The van der Waals surface area contributed by atoms with Gasteiger partial charge in [0.15, 0.2) is 5.78 Å². The number of thioether (sulfide) groups is 1. The van der Waals surface area contributed by atoms with Crippen molar-refractivity contribution in [3.05, 3.63) is 39.9 Å². The summed E-state index contributed by atoms with van der Waals surface area (Å²) in [5, 5.41) is 19.0. The highest BCUT2D eigenvalue weighted by molar-refractivity contribution is 8.00. The third-order valence-corrected chi connectivity index (χ3v) is 3.31. The topological polar surface area (TPSA) is 124 Å². The Labute approximate surface area is 112 Å². The standard InChI is InChI=1S/C11H12N2O5S/c12-9(11(15)16)5-19-6-10(14)7-1-3-8(4-2-7)13(17)18/h1-4,9H,5-6,12H2,(H,15,16). The Bertz CT molecular complexity index is 488. The molecule has 0 aliphatic carbocycles. The van der Waals surface area contributed by atoms with Crippen LogP contribution in [-0.4, -0.2) is 39.3 Å². The molecule has 1 atom stereocenters. The number of aliphatic carboxylic acids is 1. The molecule has 0 aromatic heterocycles. The average Bonchev–Trinajstić information content (AvgIpc) is 2.38. The summed E-state index contributed by atoms with van der Waals surface area (Å²) < 4.78 is 0. The zero-order valence-electron chi connectivity index (χ0n) is 9.81. The minimum atomic E-state index is -1.12. The Morgan fingerprint density at radius 1 is 1.37 bits per heavy atom. The van der Waals surface area contributed by atoms with Gasteiger partial charge in [-0.2, -0.15) is 11.8 Å². The lowest BCUT2D eigenvalue weighted by Crippen LogP contribution is -2.32. The summed E-state index contributed by atoms with van der Waals surface area (Å²) in [5.41, 5.74) is 5.55. The number of carbonyl (C=O) groups is 2. The molecule has 0 amide bonds. The molecule has 19 heavy (non-hydrogen) atoms. The highest BCUT2D eigenvalue weighted by Crippen LogP contribution is 2.14. The van der Waals surface area contributed by atoms with Crippen LogP contribution in [0.2, 0.25) is 0 Å². The maximum absolute atomic E-state index is 11.7. The molecule has 0 aliphatic heterocycles. The second-order valence-corrected chi connectivity index (χ2v) is 4.72. The Balaban J connectivity index is 2.50. The van der Waals surface area contributed by atoms with Gasteiger partial charge in [-0.3, -0.25) is 19.7 Å². The Kier molecular flexibility index (Phi) is 5.46. The number of benzene rings is 1. The molecule has 102 valence electrons. The van der Waals surface area contributed by atoms with Crippen molar-refractivity contribution in [1.29, 1.82) is 0 Å². The number of ketones is 1. The molecule has 0 saturated carbocycles. The highest BCUT2D eigenvalue weighted by atomic mass is 32.2. The van der Waals surface area contributed by atoms with Crippen molar-refractivity contribution in [2.45, 2.75) is 6.04 Å². The molecule has 3 N–H and O–H groups in total. The highest BCUT2D eigenvalue weighted by Gasteiger charge is 2.13. The first-order chi connectivity index (χ1) is 8.91. The zero-order valence-corrected chi connectivity index (χ0v) is 10.6. The molecule has 7 nitrogen and oxygen atoms in total. The number of nitro groups is 1. The summed E-state index contributed by atoms with van der Waals surface area (Å²) in [6.45, 7) is 0. The lowest BCUT2D eigenvalue weighted by molar-refractivity contribution is -0.384. The van der Waals surface area contributed by atoms with E-state index < -0.39 is 16.9 Å². The molecule has 8 heteroatoms. The number of nitrogens with two attached hydrogens (primary N) is 1. The number of nitro benzene ring substituents is 1. The van der Waals surface area contributed by atoms with Crippen molar-refractivity contribution >= 4 is 29.2 Å². The number of nitrogens with zero attached hydrogens (tertiary/aromatic N) is 1. The van der Waals surface area contributed by atoms with Crippen LogP contribution in [0.5, 0.6) is 0 Å². The van der Waals surface area contributed by atoms with Gasteiger partial charge in [-0.05, 0) is 12.1 Å². The molecule has 0 bridgehead atoms. The lowest BCUT2D eigenvalue weighted by Gasteiger charge is -2.05. The predicted molar refractivity (Wildman–Crippen MR) is 70.4 cm³/mol. The fourth-order valence-corrected chi connectivity index (χ4v) is 2.07. The molecule has 1 unspecified atom stereocenters. The van der Waals surface area contributed by atoms with Crippen LogP contribution in [0.4, 0.5) is 5.69 Å². The number of rotatable bonds is 7. The summed E-state index contributed by atoms with van der Waals surface area (Å²) in [4.78, 5) is 32.1. The van der Waals surface area contributed by atoms with Crippen LogP contribution in [0.15, 0.2) is 24.3 Å². The molecule has 1 aromatic rings. The average molecular weight is 284 g/mol. The van der Waals surface area contributed by atoms with Crippen molar-refractivity contribution in [3.8, 4) is 0 Å². The number of carboxylic acid groups (broad SMARTS) is 1. The number of carboxylic acids is 1. The minimum Gasteiger partial charge on any atom is -0.480 e. The van der Waals surface area contributed by atoms with E-state index in [4.69, 9.17) is 10.8 Å². The first-order valence-electron chi connectivity index (χ1n) is 5.25. The van der Waals surface area contributed by atoms with E-state index in [-0.39, 0.29) is 23.0 Å². The maximum atomic E-state index is 11.7. The molecule has 0 heterocycles. The number of hydrogen-bond acceptors (Lipinski definition) is 6. The van der Waals surface area contributed by atoms with E-state index in [0.717, 1.165) is 11.8 Å². The third-order valence-electron chi connectivity index (χ3n) is 2.25. The van der Waals surface area contributed by atoms with Gasteiger partial charge in [-0.15, -0.1) is 0 Å². The van der Waals surface area contributed by atoms with Crippen LogP contribution in [-0.2, 0) is 4.79 Å². The fourth-order valence-electron chi connectivity index (χ4n) is 1.20. The van der Waals surface area contributed by atoms with Gasteiger partial charge < -0.3 is 10.8 Å². The molecule has 1 aromatic carbocycles. The molecule has 0 aliphatic rings. The van der Waals surface area contributed by atoms with Gasteiger partial charge in [0.2, 0.25) is 0 Å². The normalized spacial score (nSPS) is 11.8. The number of Topliss-reactive ketones (excluding diaryl/α,β-unsaturated/α-hetero) is 1. The number of hydrogen-bond donors (Lipinski definition) is 2. The van der Waals surface area contributed by atoms with Gasteiger partial charge in [0.05, 0.1) is 10.7 Å². The smallest absolute Gasteiger partial charge is 0.321 e. The zero-order chi connectivity index (χ0) is 14.4. The van der Waals surface area contributed by atoms with Gasteiger partial charge in [-0.25, -0.2) is 0 Å². The Morgan fingerprint density at radius 3 is 2.42 bits per heavy atom. The molecule has 0 spiro atoms. The molecular weight excluding hydrogens is 272 g/mol. The lowest BCUT2D eigenvalue weighted by atomic mass is 10.1. The van der Waals surface area contributed by atoms with Crippen LogP contribution >= 0.6 is 11.8 Å². The van der Waals surface area contributed by atoms with Crippen LogP contribution in [0.1, 0.15) is 10.4 Å². The largest absolute Gasteiger partial charge is 0.480 e. The first kappa shape index (κ1) is 15.1. The number of non-ortho nitro benzene ring substituents is 1. The van der Waals surface area contributed by atoms with Gasteiger partial charge in [0.25, 0.3) is 5.69 Å². The van der Waals surface area contributed by atoms with E-state index >= 15 is 0 Å². The second kappa shape index (κ2) is 6.86. The maximum Gasteiger partial charge on any atom is 0.321 e. The van der Waals surface area contributed by atoms with Crippen LogP contribution in [0.25, 0.3) is 0 Å². The first-order valence-corrected chi connectivity index (χ1v) is 6.41. The van der Waals surface area contributed by atoms with E-state index in [9.17, 15) is 19.7 Å². The van der Waals surface area contributed by atoms with Crippen molar-refractivity contribution in [3.63, 3.8) is 0 Å². The molecule has 0 radical (unpaired) electrons. The molecule has 0 fully saturated rings. The molecule has 1 rings (SSSR count). The van der Waals surface area contributed by atoms with Crippen LogP contribution in [0, 0.1) is 10.1 Å². The fraction of sp³-hybridized carbons (Fsp3) is 0.273. The summed E-state index contributed by atoms with van der Waals surface area (Å²) in [6.07, 6.45) is 0. The monoisotopic (exact) mass is 284 g/mol. The van der Waals surface area contributed by atoms with Crippen molar-refractivity contribution in [1.82, 2.24) is 0 Å². The van der Waals surface area contributed by atoms with E-state index in [0.29, 0.717) is 5.56 Å². The SMILES string of the molecule is NC(CSCC(=O)c1ccc([N+](=O)[O-])cc1)C(=O)O. The summed E-state index contributed by atoms with van der Waals surface area (Å²) in [5.74, 6) is -1.12. The van der Waals surface area contributed by atoms with Crippen LogP contribution < -0.4 is 5.73 Å². The van der Waals surface area contributed by atoms with Gasteiger partial charge >= 0.3 is 5.97 Å². The van der Waals surface area contributed by atoms with Gasteiger partial charge in [0, 0.05) is 23.4 Å². The number of carbonyl (C=O) groups excluding carboxylic acids is 1. The Hall–Kier alpha value is -1.93. The molecule has 0 saturated heterocycles. The summed E-state index contributed by atoms with van der Waals surface area (Å²) in [7, 11) is 0. The third kappa shape index (κ3) is 4.68. The Morgan fingerprint density at radius 2 is 1.95 bits per heavy atom. The van der Waals surface area contributed by atoms with E-state index in [2.05, 4.69) is 0 Å². The second-order valence-electron chi connectivity index (χ2n) is 3.69. The summed E-state index contributed by atoms with van der Waals surface area (Å²) >= 11 is 1.11. The van der Waals surface area contributed by atoms with Crippen LogP contribution in [0.3, 0.4) is 0 Å². The molecular formula is C11H12N2O5S. The summed E-state index contributed by atoms with van der Waals surface area (Å²) in [6, 6.07) is 4.24. The van der Waals surface area contributed by atoms with Gasteiger partial charge in [-0.1, -0.05) is 0 Å². The van der Waals surface area contributed by atoms with E-state index in [1.165, 1.54) is 24.3 Å². The quantitative estimate of drug-likeness (QED) is 0.433. The van der Waals surface area contributed by atoms with E-state index in [1.54, 1.807) is 0 Å². The predicted octanol–water partition coefficient (Wildman–Crippen LogP) is 0.923. The van der Waals surface area contributed by atoms with Crippen molar-refractivity contribution in [2.24, 2.45) is 5.73 Å². The van der Waals surface area contributed by atoms with E-state index in [1.807, 2.05) is 0 Å². The van der Waals surface area contributed by atoms with Gasteiger partial charge in [0.1, 0.15) is 6.04 Å². The van der Waals surface area contributed by atoms with Crippen molar-refractivity contribution < 1.29 is 19.6 Å². The minimum absolute atomic E-state index is 0.0821.